The normalized spacial score (nSPS) is 21.9. The van der Waals surface area contributed by atoms with Gasteiger partial charge in [-0.25, -0.2) is 14.4 Å². The molecule has 0 aromatic heterocycles. The van der Waals surface area contributed by atoms with Crippen molar-refractivity contribution in [2.24, 2.45) is 5.73 Å². The lowest BCUT2D eigenvalue weighted by Gasteiger charge is -2.45. The highest BCUT2D eigenvalue weighted by Crippen LogP contribution is 2.45. The van der Waals surface area contributed by atoms with Gasteiger partial charge in [-0.3, -0.25) is 0 Å². The SMILES string of the molecule is CCCCCCCCCCCCCCCCCCNC(=O)O[N+]1(CC)C(C)=C(C(=O)OC)C(N)=C(C2CCS2)C1C.[I-]. The van der Waals surface area contributed by atoms with Crippen molar-refractivity contribution in [2.75, 3.05) is 26.0 Å². The smallest absolute Gasteiger partial charge is 0.462 e. The number of hydrogen-bond acceptors (Lipinski definition) is 6. The van der Waals surface area contributed by atoms with Crippen LogP contribution in [0.25, 0.3) is 0 Å². The first-order valence-electron chi connectivity index (χ1n) is 16.6. The Morgan fingerprint density at radius 1 is 0.905 bits per heavy atom. The van der Waals surface area contributed by atoms with Crippen molar-refractivity contribution >= 4 is 23.8 Å². The lowest BCUT2D eigenvalue weighted by Crippen LogP contribution is -3.00. The Kier molecular flexibility index (Phi) is 20.2. The van der Waals surface area contributed by atoms with E-state index in [1.54, 1.807) is 0 Å². The van der Waals surface area contributed by atoms with Gasteiger partial charge < -0.3 is 39.8 Å². The van der Waals surface area contributed by atoms with Crippen LogP contribution in [0.1, 0.15) is 137 Å². The molecular weight excluding hydrogens is 661 g/mol. The molecule has 42 heavy (non-hydrogen) atoms. The molecule has 2 aliphatic rings. The third-order valence-corrected chi connectivity index (χ3v) is 10.4. The number of unbranched alkanes of at least 4 members (excludes halogenated alkanes) is 15. The van der Waals surface area contributed by atoms with E-state index in [0.29, 0.717) is 30.1 Å². The summed E-state index contributed by atoms with van der Waals surface area (Å²) in [6.07, 6.45) is 21.7. The fourth-order valence-electron chi connectivity index (χ4n) is 6.32. The standard InChI is InChI=1S/C33H59N3O4S.HI/c1-6-8-9-10-11-12-13-14-15-16-17-18-19-20-21-22-24-35-33(38)40-36(7-2)26(3)29(28-23-25-41-28)31(34)30(27(36)4)32(37)39-5;/h26,28H,6-25,34H2,1-5H3;1H. The zero-order chi connectivity index (χ0) is 30.1. The van der Waals surface area contributed by atoms with Crippen LogP contribution >= 0.6 is 11.8 Å². The van der Waals surface area contributed by atoms with E-state index < -0.39 is 12.1 Å². The Morgan fingerprint density at radius 3 is 1.79 bits per heavy atom. The maximum Gasteiger partial charge on any atom is 0.462 e. The minimum absolute atomic E-state index is 0. The average molecular weight is 722 g/mol. The van der Waals surface area contributed by atoms with Crippen molar-refractivity contribution in [3.05, 3.63) is 22.5 Å². The minimum Gasteiger partial charge on any atom is -1.00 e. The highest BCUT2D eigenvalue weighted by molar-refractivity contribution is 8.01. The van der Waals surface area contributed by atoms with Crippen molar-refractivity contribution in [3.63, 3.8) is 0 Å². The van der Waals surface area contributed by atoms with E-state index in [1.807, 2.05) is 32.5 Å². The monoisotopic (exact) mass is 721 g/mol. The van der Waals surface area contributed by atoms with E-state index in [9.17, 15) is 9.59 Å². The number of hydroxylamine groups is 3. The van der Waals surface area contributed by atoms with Gasteiger partial charge >= 0.3 is 12.1 Å². The molecule has 0 aromatic rings. The van der Waals surface area contributed by atoms with Gasteiger partial charge in [-0.2, -0.15) is 11.8 Å². The van der Waals surface area contributed by atoms with E-state index in [2.05, 4.69) is 12.2 Å². The van der Waals surface area contributed by atoms with Crippen LogP contribution in [0.15, 0.2) is 22.5 Å². The second-order valence-corrected chi connectivity index (χ2v) is 13.2. The number of hydrogen-bond donors (Lipinski definition) is 2. The molecule has 244 valence electrons. The van der Waals surface area contributed by atoms with Gasteiger partial charge in [0.25, 0.3) is 0 Å². The quantitative estimate of drug-likeness (QED) is 0.0725. The van der Waals surface area contributed by atoms with Gasteiger partial charge in [0.1, 0.15) is 12.1 Å². The number of amides is 1. The Balaban J connectivity index is 0.00000882. The molecule has 3 atom stereocenters. The number of carbonyl (C=O) groups is 2. The van der Waals surface area contributed by atoms with Gasteiger partial charge in [-0.05, 0) is 32.4 Å². The Morgan fingerprint density at radius 2 is 1.38 bits per heavy atom. The highest BCUT2D eigenvalue weighted by atomic mass is 127. The highest BCUT2D eigenvalue weighted by Gasteiger charge is 2.52. The van der Waals surface area contributed by atoms with Crippen LogP contribution in [-0.4, -0.2) is 54.0 Å². The molecule has 2 heterocycles. The van der Waals surface area contributed by atoms with Crippen LogP contribution in [0.5, 0.6) is 0 Å². The molecule has 1 amide bonds. The molecule has 2 rings (SSSR count). The van der Waals surface area contributed by atoms with Gasteiger partial charge in [-0.1, -0.05) is 108 Å². The van der Waals surface area contributed by atoms with E-state index >= 15 is 0 Å². The third-order valence-electron chi connectivity index (χ3n) is 9.04. The molecule has 1 saturated heterocycles. The third kappa shape index (κ3) is 11.5. The number of rotatable bonds is 21. The summed E-state index contributed by atoms with van der Waals surface area (Å²) in [5.74, 6) is 0.582. The number of carbonyl (C=O) groups excluding carboxylic acids is 2. The van der Waals surface area contributed by atoms with Crippen molar-refractivity contribution in [2.45, 2.75) is 148 Å². The van der Waals surface area contributed by atoms with Gasteiger partial charge in [-0.15, -0.1) is 0 Å². The summed E-state index contributed by atoms with van der Waals surface area (Å²) in [4.78, 5) is 31.8. The summed E-state index contributed by atoms with van der Waals surface area (Å²) in [6, 6.07) is -0.174. The van der Waals surface area contributed by atoms with Crippen LogP contribution < -0.4 is 35.0 Å². The van der Waals surface area contributed by atoms with Crippen LogP contribution in [0.4, 0.5) is 4.79 Å². The molecule has 3 unspecified atom stereocenters. The summed E-state index contributed by atoms with van der Waals surface area (Å²) in [6.45, 7) is 9.21. The van der Waals surface area contributed by atoms with Crippen molar-refractivity contribution in [1.29, 1.82) is 0 Å². The average Bonchev–Trinajstić information content (AvgIpc) is 2.94. The van der Waals surface area contributed by atoms with Gasteiger partial charge in [0.2, 0.25) is 0 Å². The van der Waals surface area contributed by atoms with Gasteiger partial charge in [0.05, 0.1) is 12.8 Å². The molecule has 3 N–H and O–H groups in total. The number of halogens is 1. The number of esters is 1. The van der Waals surface area contributed by atoms with E-state index in [-0.39, 0.29) is 39.9 Å². The van der Waals surface area contributed by atoms with Crippen LogP contribution in [0, 0.1) is 0 Å². The summed E-state index contributed by atoms with van der Waals surface area (Å²) < 4.78 is 5.00. The van der Waals surface area contributed by atoms with E-state index in [1.165, 1.54) is 97.0 Å². The summed E-state index contributed by atoms with van der Waals surface area (Å²) in [5.41, 5.74) is 8.97. The molecule has 0 saturated carbocycles. The largest absolute Gasteiger partial charge is 1.00 e. The molecule has 9 heteroatoms. The zero-order valence-electron chi connectivity index (χ0n) is 27.2. The lowest BCUT2D eigenvalue weighted by atomic mass is 9.89. The van der Waals surface area contributed by atoms with Gasteiger partial charge in [0.15, 0.2) is 11.7 Å². The summed E-state index contributed by atoms with van der Waals surface area (Å²) in [7, 11) is 1.36. The number of likely N-dealkylation sites (N-methyl/N-ethyl adjacent to an activating group) is 1. The van der Waals surface area contributed by atoms with Crippen molar-refractivity contribution in [1.82, 2.24) is 5.32 Å². The first-order chi connectivity index (χ1) is 19.8. The maximum atomic E-state index is 13.0. The number of allylic oxidation sites excluding steroid dienone is 1. The molecule has 0 radical (unpaired) electrons. The van der Waals surface area contributed by atoms with E-state index in [0.717, 1.165) is 30.6 Å². The second-order valence-electron chi connectivity index (χ2n) is 11.9. The van der Waals surface area contributed by atoms with Crippen LogP contribution in [0.2, 0.25) is 0 Å². The van der Waals surface area contributed by atoms with Crippen molar-refractivity contribution < 1.29 is 47.8 Å². The Labute approximate surface area is 278 Å². The number of nitrogens with two attached hydrogens (primary N) is 1. The molecule has 1 fully saturated rings. The van der Waals surface area contributed by atoms with Crippen molar-refractivity contribution in [3.8, 4) is 0 Å². The predicted octanol–water partition coefficient (Wildman–Crippen LogP) is 5.30. The first kappa shape index (κ1) is 39.1. The number of quaternary nitrogens is 1. The first-order valence-corrected chi connectivity index (χ1v) is 17.6. The number of methoxy groups -OCH3 is 1. The molecule has 0 spiro atoms. The predicted molar refractivity (Wildman–Crippen MR) is 171 cm³/mol. The maximum absolute atomic E-state index is 13.0. The molecule has 0 aromatic carbocycles. The number of ether oxygens (including phenoxy) is 1. The second kappa shape index (κ2) is 21.7. The van der Waals surface area contributed by atoms with Crippen LogP contribution in [-0.2, 0) is 14.4 Å². The fraction of sp³-hybridized carbons (Fsp3) is 0.818. The topological polar surface area (TPSA) is 90.6 Å². The number of thioether (sulfide) groups is 1. The van der Waals surface area contributed by atoms with Gasteiger partial charge in [0, 0.05) is 24.3 Å². The number of nitrogens with zero attached hydrogens (tertiary/aromatic N) is 1. The van der Waals surface area contributed by atoms with Crippen LogP contribution in [0.3, 0.4) is 0 Å². The summed E-state index contributed by atoms with van der Waals surface area (Å²) >= 11 is 1.83. The molecule has 0 aliphatic carbocycles. The fourth-order valence-corrected chi connectivity index (χ4v) is 7.29. The number of nitrogens with one attached hydrogen (secondary N) is 1. The Bertz CT molecular complexity index is 877. The summed E-state index contributed by atoms with van der Waals surface area (Å²) in [5, 5.41) is 3.19. The Hall–Kier alpha value is -0.940. The molecular formula is C33H60IN3O4S. The lowest BCUT2D eigenvalue weighted by molar-refractivity contribution is -1.07. The zero-order valence-corrected chi connectivity index (χ0v) is 30.2. The molecule has 0 bridgehead atoms. The van der Waals surface area contributed by atoms with E-state index in [4.69, 9.17) is 15.3 Å². The minimum atomic E-state index is -0.484. The molecule has 2 aliphatic heterocycles. The molecule has 7 nitrogen and oxygen atoms in total.